The van der Waals surface area contributed by atoms with E-state index >= 15 is 0 Å². The third-order valence-electron chi connectivity index (χ3n) is 6.19. The molecule has 3 aromatic rings. The van der Waals surface area contributed by atoms with E-state index in [1.165, 1.54) is 49.4 Å². The number of amides is 2. The number of rotatable bonds is 11. The average molecular weight is 578 g/mol. The number of carbonyl (C=O) groups is 2. The molecule has 0 radical (unpaired) electrons. The summed E-state index contributed by atoms with van der Waals surface area (Å²) in [6, 6.07) is 16.6. The summed E-state index contributed by atoms with van der Waals surface area (Å²) in [5, 5.41) is 2.51. The number of hydrogen-bond acceptors (Lipinski definition) is 5. The van der Waals surface area contributed by atoms with Crippen molar-refractivity contribution in [3.05, 3.63) is 90.0 Å². The molecule has 8 nitrogen and oxygen atoms in total. The Balaban J connectivity index is 2.11. The number of carbonyl (C=O) groups excluding carboxylic acids is 2. The van der Waals surface area contributed by atoms with Crippen LogP contribution in [0.1, 0.15) is 24.5 Å². The Morgan fingerprint density at radius 3 is 2.25 bits per heavy atom. The van der Waals surface area contributed by atoms with Gasteiger partial charge in [0.1, 0.15) is 18.3 Å². The molecule has 0 heterocycles. The minimum atomic E-state index is -4.74. The summed E-state index contributed by atoms with van der Waals surface area (Å²) < 4.78 is 73.9. The van der Waals surface area contributed by atoms with E-state index in [-0.39, 0.29) is 23.5 Å². The molecule has 1 atom stereocenters. The number of nitrogens with zero attached hydrogens (tertiary/aromatic N) is 2. The van der Waals surface area contributed by atoms with E-state index in [0.29, 0.717) is 21.7 Å². The van der Waals surface area contributed by atoms with Crippen molar-refractivity contribution in [3.8, 4) is 5.75 Å². The lowest BCUT2D eigenvalue weighted by atomic mass is 10.1. The van der Waals surface area contributed by atoms with Crippen LogP contribution in [0.3, 0.4) is 0 Å². The summed E-state index contributed by atoms with van der Waals surface area (Å²) in [7, 11) is -1.60. The highest BCUT2D eigenvalue weighted by Gasteiger charge is 2.35. The zero-order chi connectivity index (χ0) is 29.5. The smallest absolute Gasteiger partial charge is 0.416 e. The lowest BCUT2D eigenvalue weighted by molar-refractivity contribution is -0.140. The van der Waals surface area contributed by atoms with Crippen molar-refractivity contribution < 1.29 is 35.9 Å². The molecule has 0 unspecified atom stereocenters. The van der Waals surface area contributed by atoms with E-state index in [1.807, 2.05) is 0 Å². The number of alkyl halides is 3. The van der Waals surface area contributed by atoms with Crippen LogP contribution in [0.4, 0.5) is 18.9 Å². The lowest BCUT2D eigenvalue weighted by Crippen LogP contribution is -2.51. The number of sulfonamides is 1. The standard InChI is InChI=1S/C28H30F3N3O5S/c1-4-25(27(36)32-2)33(18-20-10-8-13-23(16-20)39-3)26(35)19-34(40(37,38)24-14-6-5-7-15-24)22-12-9-11-21(17-22)28(29,30)31/h5-17,25H,4,18-19H2,1-3H3,(H,32,36)/t25-/m1/s1. The van der Waals surface area contributed by atoms with E-state index in [9.17, 15) is 31.2 Å². The second-order valence-electron chi connectivity index (χ2n) is 8.78. The monoisotopic (exact) mass is 577 g/mol. The summed E-state index contributed by atoms with van der Waals surface area (Å²) in [6.45, 7) is 0.761. The molecular formula is C28H30F3N3O5S. The van der Waals surface area contributed by atoms with Crippen molar-refractivity contribution in [2.75, 3.05) is 25.0 Å². The summed E-state index contributed by atoms with van der Waals surface area (Å²) in [4.78, 5) is 27.6. The zero-order valence-corrected chi connectivity index (χ0v) is 23.0. The van der Waals surface area contributed by atoms with Crippen LogP contribution in [-0.2, 0) is 32.3 Å². The molecule has 0 saturated heterocycles. The molecule has 0 saturated carbocycles. The largest absolute Gasteiger partial charge is 0.497 e. The molecular weight excluding hydrogens is 547 g/mol. The van der Waals surface area contributed by atoms with E-state index in [1.54, 1.807) is 37.3 Å². The van der Waals surface area contributed by atoms with Crippen molar-refractivity contribution in [3.63, 3.8) is 0 Å². The molecule has 40 heavy (non-hydrogen) atoms. The SMILES string of the molecule is CC[C@H](C(=O)NC)N(Cc1cccc(OC)c1)C(=O)CN(c1cccc(C(F)(F)F)c1)S(=O)(=O)c1ccccc1. The second kappa shape index (κ2) is 12.9. The van der Waals surface area contributed by atoms with Gasteiger partial charge in [-0.3, -0.25) is 13.9 Å². The van der Waals surface area contributed by atoms with Gasteiger partial charge in [0, 0.05) is 13.6 Å². The number of likely N-dealkylation sites (N-methyl/N-ethyl adjacent to an activating group) is 1. The highest BCUT2D eigenvalue weighted by molar-refractivity contribution is 7.92. The number of anilines is 1. The van der Waals surface area contributed by atoms with Gasteiger partial charge < -0.3 is 15.0 Å². The Kier molecular flexibility index (Phi) is 9.80. The molecule has 3 rings (SSSR count). The lowest BCUT2D eigenvalue weighted by Gasteiger charge is -2.33. The van der Waals surface area contributed by atoms with Crippen LogP contribution in [0.2, 0.25) is 0 Å². The minimum Gasteiger partial charge on any atom is -0.497 e. The maximum Gasteiger partial charge on any atom is 0.416 e. The topological polar surface area (TPSA) is 96.0 Å². The molecule has 0 aliphatic carbocycles. The third kappa shape index (κ3) is 7.12. The first-order valence-electron chi connectivity index (χ1n) is 12.3. The van der Waals surface area contributed by atoms with Crippen LogP contribution in [0, 0.1) is 0 Å². The van der Waals surface area contributed by atoms with E-state index in [0.717, 1.165) is 12.1 Å². The summed E-state index contributed by atoms with van der Waals surface area (Å²) >= 11 is 0. The average Bonchev–Trinajstić information content (AvgIpc) is 2.95. The van der Waals surface area contributed by atoms with Crippen LogP contribution in [0.15, 0.2) is 83.8 Å². The quantitative estimate of drug-likeness (QED) is 0.363. The molecule has 0 spiro atoms. The fraction of sp³-hybridized carbons (Fsp3) is 0.286. The summed E-state index contributed by atoms with van der Waals surface area (Å²) in [5.41, 5.74) is -0.816. The molecule has 1 N–H and O–H groups in total. The van der Waals surface area contributed by atoms with Crippen molar-refractivity contribution in [1.82, 2.24) is 10.2 Å². The minimum absolute atomic E-state index is 0.0796. The van der Waals surface area contributed by atoms with Crippen molar-refractivity contribution in [2.24, 2.45) is 0 Å². The Labute approximate surface area is 231 Å². The molecule has 12 heteroatoms. The van der Waals surface area contributed by atoms with Crippen LogP contribution in [-0.4, -0.2) is 51.9 Å². The molecule has 214 valence electrons. The highest BCUT2D eigenvalue weighted by atomic mass is 32.2. The van der Waals surface area contributed by atoms with E-state index < -0.39 is 46.2 Å². The molecule has 0 aliphatic heterocycles. The van der Waals surface area contributed by atoms with Gasteiger partial charge in [0.05, 0.1) is 23.3 Å². The van der Waals surface area contributed by atoms with Crippen LogP contribution >= 0.6 is 0 Å². The maximum absolute atomic E-state index is 13.9. The van der Waals surface area contributed by atoms with Gasteiger partial charge in [-0.15, -0.1) is 0 Å². The normalized spacial score (nSPS) is 12.3. The molecule has 0 bridgehead atoms. The van der Waals surface area contributed by atoms with Gasteiger partial charge in [0.15, 0.2) is 0 Å². The fourth-order valence-electron chi connectivity index (χ4n) is 4.14. The zero-order valence-electron chi connectivity index (χ0n) is 22.2. The van der Waals surface area contributed by atoms with Crippen molar-refractivity contribution in [2.45, 2.75) is 37.0 Å². The molecule has 0 aromatic heterocycles. The van der Waals surface area contributed by atoms with Crippen LogP contribution in [0.25, 0.3) is 0 Å². The van der Waals surface area contributed by atoms with Gasteiger partial charge in [0.25, 0.3) is 10.0 Å². The molecule has 2 amide bonds. The van der Waals surface area contributed by atoms with Crippen molar-refractivity contribution >= 4 is 27.5 Å². The van der Waals surface area contributed by atoms with E-state index in [4.69, 9.17) is 4.74 Å². The number of methoxy groups -OCH3 is 1. The van der Waals surface area contributed by atoms with Crippen LogP contribution < -0.4 is 14.4 Å². The van der Waals surface area contributed by atoms with Crippen molar-refractivity contribution in [1.29, 1.82) is 0 Å². The summed E-state index contributed by atoms with van der Waals surface area (Å²) in [6.07, 6.45) is -4.54. The Bertz CT molecular complexity index is 1430. The van der Waals surface area contributed by atoms with Crippen LogP contribution in [0.5, 0.6) is 5.75 Å². The second-order valence-corrected chi connectivity index (χ2v) is 10.6. The Hall–Kier alpha value is -4.06. The maximum atomic E-state index is 13.9. The number of hydrogen-bond donors (Lipinski definition) is 1. The molecule has 3 aromatic carbocycles. The first-order chi connectivity index (χ1) is 18.9. The predicted molar refractivity (Wildman–Crippen MR) is 144 cm³/mol. The van der Waals surface area contributed by atoms with Gasteiger partial charge in [-0.25, -0.2) is 8.42 Å². The number of nitrogens with one attached hydrogen (secondary N) is 1. The van der Waals surface area contributed by atoms with Gasteiger partial charge >= 0.3 is 6.18 Å². The first kappa shape index (κ1) is 30.5. The van der Waals surface area contributed by atoms with Gasteiger partial charge in [-0.05, 0) is 54.4 Å². The molecule has 0 fully saturated rings. The molecule has 0 aliphatic rings. The van der Waals surface area contributed by atoms with Gasteiger partial charge in [0.2, 0.25) is 11.8 Å². The first-order valence-corrected chi connectivity index (χ1v) is 13.8. The Morgan fingerprint density at radius 1 is 0.975 bits per heavy atom. The fourth-order valence-corrected chi connectivity index (χ4v) is 5.57. The van der Waals surface area contributed by atoms with Gasteiger partial charge in [-0.1, -0.05) is 43.3 Å². The Morgan fingerprint density at radius 2 is 1.65 bits per heavy atom. The third-order valence-corrected chi connectivity index (χ3v) is 7.98. The highest BCUT2D eigenvalue weighted by Crippen LogP contribution is 2.33. The number of ether oxygens (including phenoxy) is 1. The number of halogens is 3. The van der Waals surface area contributed by atoms with E-state index in [2.05, 4.69) is 5.32 Å². The van der Waals surface area contributed by atoms with Gasteiger partial charge in [-0.2, -0.15) is 13.2 Å². The summed E-state index contributed by atoms with van der Waals surface area (Å²) in [5.74, 6) is -0.749. The predicted octanol–water partition coefficient (Wildman–Crippen LogP) is 4.46. The number of benzene rings is 3.